The molecule has 1 heterocycles. The van der Waals surface area contributed by atoms with Gasteiger partial charge in [-0.2, -0.15) is 0 Å². The fourth-order valence-corrected chi connectivity index (χ4v) is 2.93. The molecule has 24 heavy (non-hydrogen) atoms. The van der Waals surface area contributed by atoms with Crippen LogP contribution < -0.4 is 4.57 Å². The number of nitrogens with zero attached hydrogens (tertiary/aromatic N) is 1. The smallest absolute Gasteiger partial charge is 0.201 e. The zero-order valence-corrected chi connectivity index (χ0v) is 16.0. The van der Waals surface area contributed by atoms with Gasteiger partial charge in [0.2, 0.25) is 5.69 Å². The van der Waals surface area contributed by atoms with E-state index < -0.39 is 19.1 Å². The Labute approximate surface area is 157 Å². The van der Waals surface area contributed by atoms with Gasteiger partial charge in [-0.15, -0.1) is 0 Å². The van der Waals surface area contributed by atoms with Crippen LogP contribution in [0.15, 0.2) is 30.5 Å². The van der Waals surface area contributed by atoms with Crippen molar-refractivity contribution in [1.82, 2.24) is 0 Å². The largest absolute Gasteiger partial charge is 0.212 e. The number of hydrogen-bond donors (Lipinski definition) is 0. The molecule has 0 spiro atoms. The molecule has 0 aliphatic carbocycles. The molecular weight excluding hydrogens is 290 g/mol. The molecule has 0 saturated carbocycles. The molecule has 130 valence electrons. The second-order valence-electron chi connectivity index (χ2n) is 7.26. The zero-order chi connectivity index (χ0) is 23.2. The lowest BCUT2D eigenvalue weighted by molar-refractivity contribution is -0.660. The molecule has 1 nitrogen and oxygen atoms in total. The van der Waals surface area contributed by atoms with Crippen molar-refractivity contribution in [3.05, 3.63) is 52.7 Å². The number of rotatable bonds is 5. The average Bonchev–Trinajstić information content (AvgIpc) is 2.60. The molecule has 0 radical (unpaired) electrons. The van der Waals surface area contributed by atoms with Gasteiger partial charge in [-0.05, 0) is 55.1 Å². The number of aryl methyl sites for hydroxylation is 3. The van der Waals surface area contributed by atoms with Crippen LogP contribution in [0, 0.1) is 25.6 Å². The summed E-state index contributed by atoms with van der Waals surface area (Å²) >= 11 is 0. The van der Waals surface area contributed by atoms with Crippen LogP contribution in [-0.4, -0.2) is 0 Å². The Morgan fingerprint density at radius 2 is 1.88 bits per heavy atom. The average molecular weight is 331 g/mol. The third kappa shape index (κ3) is 4.06. The fourth-order valence-electron chi connectivity index (χ4n) is 2.93. The Morgan fingerprint density at radius 1 is 1.17 bits per heavy atom. The molecule has 0 aliphatic rings. The molecule has 2 aromatic rings. The van der Waals surface area contributed by atoms with Crippen LogP contribution in [-0.2, 0) is 13.4 Å². The third-order valence-corrected chi connectivity index (χ3v) is 4.51. The number of pyridine rings is 1. The molecule has 2 rings (SSSR count). The molecule has 0 N–H and O–H groups in total. The highest BCUT2D eigenvalue weighted by molar-refractivity contribution is 5.62. The van der Waals surface area contributed by atoms with Crippen molar-refractivity contribution in [2.45, 2.75) is 60.7 Å². The van der Waals surface area contributed by atoms with E-state index in [-0.39, 0.29) is 11.8 Å². The zero-order valence-electron chi connectivity index (χ0n) is 22.0. The van der Waals surface area contributed by atoms with Crippen LogP contribution in [0.25, 0.3) is 11.3 Å². The molecule has 1 heteroatoms. The second kappa shape index (κ2) is 7.51. The number of hydrogen-bond acceptors (Lipinski definition) is 0. The molecule has 0 bridgehead atoms. The number of aromatic nitrogens is 1. The van der Waals surface area contributed by atoms with E-state index in [1.807, 2.05) is 65.3 Å². The minimum Gasteiger partial charge on any atom is -0.201 e. The molecule has 1 unspecified atom stereocenters. The Morgan fingerprint density at radius 3 is 2.42 bits per heavy atom. The molecule has 0 aliphatic heterocycles. The summed E-state index contributed by atoms with van der Waals surface area (Å²) in [6, 6.07) is 7.04. The fraction of sp³-hybridized carbons (Fsp3) is 0.522. The lowest BCUT2D eigenvalue weighted by atomic mass is 9.84. The van der Waals surface area contributed by atoms with Crippen molar-refractivity contribution >= 4 is 0 Å². The standard InChI is InChI=1S/C23H34N/c1-15(2)11-20-14-24(8)23(13-22(20)19(7)16(3)4)21-10-9-17(5)12-18(21)6/h9-10,12-16,19H,11H2,1-8H3/q+1/i5D3,11D2,19D. The lowest BCUT2D eigenvalue weighted by Gasteiger charge is -2.21. The van der Waals surface area contributed by atoms with E-state index in [4.69, 9.17) is 8.22 Å². The van der Waals surface area contributed by atoms with Gasteiger partial charge in [-0.1, -0.05) is 52.3 Å². The maximum Gasteiger partial charge on any atom is 0.212 e. The second-order valence-corrected chi connectivity index (χ2v) is 7.26. The summed E-state index contributed by atoms with van der Waals surface area (Å²) in [7, 11) is 1.87. The maximum absolute atomic E-state index is 9.03. The summed E-state index contributed by atoms with van der Waals surface area (Å²) in [6.07, 6.45) is 0.222. The van der Waals surface area contributed by atoms with Crippen LogP contribution in [0.4, 0.5) is 0 Å². The predicted molar refractivity (Wildman–Crippen MR) is 104 cm³/mol. The predicted octanol–water partition coefficient (Wildman–Crippen LogP) is 5.75. The van der Waals surface area contributed by atoms with Crippen molar-refractivity contribution in [2.24, 2.45) is 18.9 Å². The van der Waals surface area contributed by atoms with E-state index >= 15 is 0 Å². The number of benzene rings is 1. The molecular formula is C23H34N+. The summed E-state index contributed by atoms with van der Waals surface area (Å²) in [5, 5.41) is 0. The van der Waals surface area contributed by atoms with Crippen molar-refractivity contribution in [3.8, 4) is 11.3 Å². The van der Waals surface area contributed by atoms with Crippen LogP contribution in [0.1, 0.15) is 71.0 Å². The summed E-state index contributed by atoms with van der Waals surface area (Å²) < 4.78 is 51.3. The summed E-state index contributed by atoms with van der Waals surface area (Å²) in [4.78, 5) is 0. The first kappa shape index (κ1) is 11.8. The van der Waals surface area contributed by atoms with Crippen LogP contribution in [0.2, 0.25) is 0 Å². The van der Waals surface area contributed by atoms with E-state index in [1.54, 1.807) is 18.3 Å². The van der Waals surface area contributed by atoms with E-state index in [0.29, 0.717) is 16.7 Å². The van der Waals surface area contributed by atoms with E-state index in [1.165, 1.54) is 0 Å². The van der Waals surface area contributed by atoms with Crippen LogP contribution in [0.3, 0.4) is 0 Å². The first-order chi connectivity index (χ1) is 13.5. The minimum absolute atomic E-state index is 0.0150. The van der Waals surface area contributed by atoms with Gasteiger partial charge in [0.25, 0.3) is 0 Å². The van der Waals surface area contributed by atoms with Crippen molar-refractivity contribution in [2.75, 3.05) is 0 Å². The Hall–Kier alpha value is -1.63. The van der Waals surface area contributed by atoms with Gasteiger partial charge < -0.3 is 0 Å². The summed E-state index contributed by atoms with van der Waals surface area (Å²) in [5.41, 5.74) is 4.05. The normalized spacial score (nSPS) is 19.0. The quantitative estimate of drug-likeness (QED) is 0.614. The van der Waals surface area contributed by atoms with Crippen LogP contribution >= 0.6 is 0 Å². The van der Waals surface area contributed by atoms with Gasteiger partial charge in [0.05, 0.1) is 0 Å². The first-order valence-electron chi connectivity index (χ1n) is 11.7. The lowest BCUT2D eigenvalue weighted by Crippen LogP contribution is -2.33. The van der Waals surface area contributed by atoms with Crippen molar-refractivity contribution in [1.29, 1.82) is 0 Å². The van der Waals surface area contributed by atoms with Gasteiger partial charge in [-0.3, -0.25) is 0 Å². The molecule has 0 fully saturated rings. The van der Waals surface area contributed by atoms with E-state index in [2.05, 4.69) is 0 Å². The Kier molecular flexibility index (Phi) is 3.70. The van der Waals surface area contributed by atoms with E-state index in [9.17, 15) is 0 Å². The summed E-state index contributed by atoms with van der Waals surface area (Å²) in [5.74, 6) is -1.24. The molecule has 1 aromatic carbocycles. The Balaban J connectivity index is 2.82. The molecule has 1 atom stereocenters. The van der Waals surface area contributed by atoms with Crippen LogP contribution in [0.5, 0.6) is 0 Å². The molecule has 0 saturated heterocycles. The van der Waals surface area contributed by atoms with Gasteiger partial charge in [0, 0.05) is 25.4 Å². The topological polar surface area (TPSA) is 3.88 Å². The Bertz CT molecular complexity index is 926. The highest BCUT2D eigenvalue weighted by Crippen LogP contribution is 2.31. The molecule has 1 aromatic heterocycles. The van der Waals surface area contributed by atoms with Crippen molar-refractivity contribution in [3.63, 3.8) is 0 Å². The highest BCUT2D eigenvalue weighted by atomic mass is 14.9. The van der Waals surface area contributed by atoms with Crippen molar-refractivity contribution < 1.29 is 12.8 Å². The molecule has 0 amide bonds. The van der Waals surface area contributed by atoms with E-state index in [0.717, 1.165) is 16.8 Å². The van der Waals surface area contributed by atoms with Gasteiger partial charge >= 0.3 is 0 Å². The maximum atomic E-state index is 9.03. The highest BCUT2D eigenvalue weighted by Gasteiger charge is 2.22. The summed E-state index contributed by atoms with van der Waals surface area (Å²) in [6.45, 7) is 9.22. The third-order valence-electron chi connectivity index (χ3n) is 4.51. The van der Waals surface area contributed by atoms with Gasteiger partial charge in [-0.25, -0.2) is 4.57 Å². The monoisotopic (exact) mass is 330 g/mol. The van der Waals surface area contributed by atoms with Gasteiger partial charge in [0.1, 0.15) is 7.05 Å². The van der Waals surface area contributed by atoms with Gasteiger partial charge in [0.15, 0.2) is 6.20 Å². The SMILES string of the molecule is [2H]C([2H])([2H])c1ccc(-c2cc(C([2H])(C)C(C)C)c(C([2H])([2H])C(C)C)c[n+]2C)c(C)c1. The first-order valence-corrected chi connectivity index (χ1v) is 8.67. The minimum atomic E-state index is -2.16.